The van der Waals surface area contributed by atoms with Crippen LogP contribution in [0.5, 0.6) is 0 Å². The van der Waals surface area contributed by atoms with Crippen LogP contribution in [0.2, 0.25) is 0 Å². The molecule has 1 heterocycles. The van der Waals surface area contributed by atoms with E-state index in [0.717, 1.165) is 14.8 Å². The fraction of sp³-hybridized carbons (Fsp3) is 0.286. The normalized spacial score (nSPS) is 17.4. The summed E-state index contributed by atoms with van der Waals surface area (Å²) in [7, 11) is 0. The summed E-state index contributed by atoms with van der Waals surface area (Å²) in [5, 5.41) is 12.0. The summed E-state index contributed by atoms with van der Waals surface area (Å²) in [6, 6.07) is 0. The van der Waals surface area contributed by atoms with Crippen LogP contribution in [0, 0.1) is 10.8 Å². The Hall–Kier alpha value is -1.41. The molecule has 5 nitrogen and oxygen atoms in total. The van der Waals surface area contributed by atoms with Crippen molar-refractivity contribution < 1.29 is 4.79 Å². The molecular formula is C14H19IN4O. The molecule has 0 atom stereocenters. The molecule has 0 spiro atoms. The van der Waals surface area contributed by atoms with Gasteiger partial charge in [0.25, 0.3) is 0 Å². The summed E-state index contributed by atoms with van der Waals surface area (Å²) in [6.07, 6.45) is 7.26. The van der Waals surface area contributed by atoms with E-state index in [2.05, 4.69) is 34.5 Å². The van der Waals surface area contributed by atoms with Gasteiger partial charge in [-0.1, -0.05) is 18.7 Å². The van der Waals surface area contributed by atoms with E-state index in [4.69, 9.17) is 11.3 Å². The van der Waals surface area contributed by atoms with Crippen LogP contribution in [-0.4, -0.2) is 16.8 Å². The molecule has 1 aliphatic heterocycles. The SMILES string of the molecule is C=C/C(I)=C1/C=CC(C(C)(C)C(=N)NC(C)=O)=CN1N. The van der Waals surface area contributed by atoms with Gasteiger partial charge in [0.2, 0.25) is 5.91 Å². The van der Waals surface area contributed by atoms with Gasteiger partial charge in [0.15, 0.2) is 0 Å². The summed E-state index contributed by atoms with van der Waals surface area (Å²) < 4.78 is 0.936. The van der Waals surface area contributed by atoms with Gasteiger partial charge in [-0.2, -0.15) is 0 Å². The molecule has 0 aliphatic carbocycles. The van der Waals surface area contributed by atoms with E-state index >= 15 is 0 Å². The standard InChI is InChI=1S/C14H19IN4O/c1-5-11(15)12-7-6-10(8-19(12)17)14(3,4)13(16)18-9(2)20/h5-8H,1,17H2,2-4H3,(H2,16,18,20)/b12-11+. The number of halogens is 1. The average Bonchev–Trinajstić information content (AvgIpc) is 2.36. The molecular weight excluding hydrogens is 367 g/mol. The van der Waals surface area contributed by atoms with Crippen molar-refractivity contribution in [2.45, 2.75) is 20.8 Å². The monoisotopic (exact) mass is 386 g/mol. The quantitative estimate of drug-likeness (QED) is 0.302. The summed E-state index contributed by atoms with van der Waals surface area (Å²) in [4.78, 5) is 11.1. The van der Waals surface area contributed by atoms with E-state index in [1.54, 1.807) is 12.3 Å². The predicted octanol–water partition coefficient (Wildman–Crippen LogP) is 2.59. The average molecular weight is 386 g/mol. The van der Waals surface area contributed by atoms with Gasteiger partial charge in [-0.3, -0.25) is 15.2 Å². The fourth-order valence-corrected chi connectivity index (χ4v) is 2.13. The Bertz CT molecular complexity index is 543. The van der Waals surface area contributed by atoms with E-state index in [1.807, 2.05) is 26.0 Å². The number of carbonyl (C=O) groups excluding carboxylic acids is 1. The van der Waals surface area contributed by atoms with Crippen LogP contribution in [-0.2, 0) is 4.79 Å². The first kappa shape index (κ1) is 16.6. The van der Waals surface area contributed by atoms with Gasteiger partial charge in [0.1, 0.15) is 5.84 Å². The molecule has 0 aromatic rings. The van der Waals surface area contributed by atoms with E-state index in [-0.39, 0.29) is 11.7 Å². The van der Waals surface area contributed by atoms with Crippen molar-refractivity contribution in [1.82, 2.24) is 10.3 Å². The van der Waals surface area contributed by atoms with Crippen LogP contribution in [0.25, 0.3) is 0 Å². The van der Waals surface area contributed by atoms with E-state index < -0.39 is 5.41 Å². The van der Waals surface area contributed by atoms with Gasteiger partial charge >= 0.3 is 0 Å². The van der Waals surface area contributed by atoms with E-state index in [0.29, 0.717) is 0 Å². The van der Waals surface area contributed by atoms with Crippen molar-refractivity contribution >= 4 is 34.3 Å². The van der Waals surface area contributed by atoms with Crippen LogP contribution in [0.3, 0.4) is 0 Å². The summed E-state index contributed by atoms with van der Waals surface area (Å²) in [6.45, 7) is 8.83. The van der Waals surface area contributed by atoms with Crippen molar-refractivity contribution in [2.75, 3.05) is 0 Å². The first-order valence-corrected chi connectivity index (χ1v) is 7.11. The Morgan fingerprint density at radius 2 is 2.15 bits per heavy atom. The Balaban J connectivity index is 3.06. The Morgan fingerprint density at radius 3 is 2.60 bits per heavy atom. The molecule has 20 heavy (non-hydrogen) atoms. The van der Waals surface area contributed by atoms with Gasteiger partial charge in [-0.15, -0.1) is 0 Å². The number of rotatable bonds is 3. The first-order valence-electron chi connectivity index (χ1n) is 6.03. The van der Waals surface area contributed by atoms with Gasteiger partial charge in [0.05, 0.1) is 5.70 Å². The molecule has 6 heteroatoms. The zero-order valence-electron chi connectivity index (χ0n) is 11.8. The number of amidine groups is 1. The predicted molar refractivity (Wildman–Crippen MR) is 89.8 cm³/mol. The molecule has 0 unspecified atom stereocenters. The number of nitrogens with one attached hydrogen (secondary N) is 2. The zero-order chi connectivity index (χ0) is 15.5. The minimum atomic E-state index is -0.634. The first-order chi connectivity index (χ1) is 9.20. The maximum atomic E-state index is 11.1. The van der Waals surface area contributed by atoms with Crippen LogP contribution in [0.4, 0.5) is 0 Å². The van der Waals surface area contributed by atoms with Gasteiger partial charge in [-0.25, -0.2) is 5.84 Å². The summed E-state index contributed by atoms with van der Waals surface area (Å²) in [5.41, 5.74) is 1.05. The van der Waals surface area contributed by atoms with Crippen LogP contribution in [0.1, 0.15) is 20.8 Å². The molecule has 0 aromatic carbocycles. The topological polar surface area (TPSA) is 82.2 Å². The van der Waals surface area contributed by atoms with E-state index in [1.165, 1.54) is 11.9 Å². The second kappa shape index (κ2) is 6.36. The van der Waals surface area contributed by atoms with Crippen molar-refractivity contribution in [2.24, 2.45) is 11.3 Å². The highest BCUT2D eigenvalue weighted by Crippen LogP contribution is 2.32. The van der Waals surface area contributed by atoms with Gasteiger partial charge < -0.3 is 5.32 Å². The summed E-state index contributed by atoms with van der Waals surface area (Å²) >= 11 is 2.16. The number of allylic oxidation sites excluding steroid dienone is 4. The molecule has 108 valence electrons. The van der Waals surface area contributed by atoms with E-state index in [9.17, 15) is 4.79 Å². The third kappa shape index (κ3) is 3.57. The second-order valence-electron chi connectivity index (χ2n) is 4.94. The van der Waals surface area contributed by atoms with Gasteiger partial charge in [0, 0.05) is 22.1 Å². The molecule has 0 saturated heterocycles. The van der Waals surface area contributed by atoms with Crippen LogP contribution < -0.4 is 11.2 Å². The molecule has 0 radical (unpaired) electrons. The lowest BCUT2D eigenvalue weighted by Crippen LogP contribution is -2.41. The fourth-order valence-electron chi connectivity index (χ4n) is 1.67. The molecule has 0 aromatic heterocycles. The molecule has 0 fully saturated rings. The summed E-state index contributed by atoms with van der Waals surface area (Å²) in [5.74, 6) is 5.87. The number of nitrogens with two attached hydrogens (primary N) is 1. The molecule has 1 aliphatic rings. The number of carbonyl (C=O) groups is 1. The van der Waals surface area contributed by atoms with Crippen molar-refractivity contribution in [3.8, 4) is 0 Å². The lowest BCUT2D eigenvalue weighted by Gasteiger charge is -2.31. The smallest absolute Gasteiger partial charge is 0.222 e. The molecule has 1 amide bonds. The molecule has 1 rings (SSSR count). The highest BCUT2D eigenvalue weighted by Gasteiger charge is 2.30. The minimum absolute atomic E-state index is 0.139. The molecule has 4 N–H and O–H groups in total. The lowest BCUT2D eigenvalue weighted by molar-refractivity contribution is -0.117. The third-order valence-corrected chi connectivity index (χ3v) is 4.04. The highest BCUT2D eigenvalue weighted by atomic mass is 127. The van der Waals surface area contributed by atoms with Crippen molar-refractivity contribution in [1.29, 1.82) is 5.41 Å². The number of hydrazine groups is 1. The highest BCUT2D eigenvalue weighted by molar-refractivity contribution is 14.1. The lowest BCUT2D eigenvalue weighted by atomic mass is 9.82. The van der Waals surface area contributed by atoms with Gasteiger partial charge in [-0.05, 0) is 48.1 Å². The largest absolute Gasteiger partial charge is 0.314 e. The number of hydrogen-bond acceptors (Lipinski definition) is 4. The Kier molecular flexibility index (Phi) is 5.29. The van der Waals surface area contributed by atoms with Crippen LogP contribution in [0.15, 0.2) is 45.9 Å². The number of amides is 1. The maximum Gasteiger partial charge on any atom is 0.222 e. The second-order valence-corrected chi connectivity index (χ2v) is 6.11. The van der Waals surface area contributed by atoms with Crippen molar-refractivity contribution in [3.63, 3.8) is 0 Å². The maximum absolute atomic E-state index is 11.1. The van der Waals surface area contributed by atoms with Crippen molar-refractivity contribution in [3.05, 3.63) is 45.9 Å². The molecule has 0 bridgehead atoms. The zero-order valence-corrected chi connectivity index (χ0v) is 14.0. The Morgan fingerprint density at radius 1 is 1.55 bits per heavy atom. The Labute approximate surface area is 132 Å². The number of nitrogens with zero attached hydrogens (tertiary/aromatic N) is 1. The third-order valence-electron chi connectivity index (χ3n) is 3.05. The minimum Gasteiger partial charge on any atom is -0.314 e. The number of hydrogen-bond donors (Lipinski definition) is 3. The molecule has 0 saturated carbocycles. The van der Waals surface area contributed by atoms with Crippen LogP contribution >= 0.6 is 22.6 Å².